The summed E-state index contributed by atoms with van der Waals surface area (Å²) < 4.78 is 5.64. The number of aryl methyl sites for hydroxylation is 1. The van der Waals surface area contributed by atoms with Gasteiger partial charge in [-0.3, -0.25) is 0 Å². The van der Waals surface area contributed by atoms with Gasteiger partial charge in [0.05, 0.1) is 12.3 Å². The molecule has 0 saturated heterocycles. The maximum absolute atomic E-state index is 5.64. The van der Waals surface area contributed by atoms with Gasteiger partial charge in [-0.05, 0) is 19.8 Å². The van der Waals surface area contributed by atoms with Crippen molar-refractivity contribution in [3.63, 3.8) is 0 Å². The van der Waals surface area contributed by atoms with Gasteiger partial charge in [0.25, 0.3) is 0 Å². The Hall–Kier alpha value is -1.32. The Kier molecular flexibility index (Phi) is 2.87. The fourth-order valence-electron chi connectivity index (χ4n) is 2.73. The summed E-state index contributed by atoms with van der Waals surface area (Å²) in [5, 5.41) is 3.55. The molecule has 0 spiro atoms. The van der Waals surface area contributed by atoms with Gasteiger partial charge in [0.2, 0.25) is 0 Å². The minimum Gasteiger partial charge on any atom is -0.487 e. The van der Waals surface area contributed by atoms with Crippen molar-refractivity contribution in [2.45, 2.75) is 51.5 Å². The van der Waals surface area contributed by atoms with E-state index in [-0.39, 0.29) is 0 Å². The minimum atomic E-state index is 0.561. The van der Waals surface area contributed by atoms with Gasteiger partial charge in [0, 0.05) is 12.5 Å². The zero-order valence-electron chi connectivity index (χ0n) is 10.3. The van der Waals surface area contributed by atoms with Crippen LogP contribution in [0.2, 0.25) is 0 Å². The molecule has 0 unspecified atom stereocenters. The standard InChI is InChI=1S/C13H19N3O/c1-9-14-11-7-8-17-12(11)13(15-9)16-10-5-3-2-4-6-10/h10H,2-8H2,1H3,(H,14,15,16). The molecule has 0 radical (unpaired) electrons. The van der Waals surface area contributed by atoms with E-state index in [1.807, 2.05) is 6.92 Å². The Labute approximate surface area is 102 Å². The maximum Gasteiger partial charge on any atom is 0.183 e. The van der Waals surface area contributed by atoms with E-state index in [4.69, 9.17) is 4.74 Å². The maximum atomic E-state index is 5.64. The Balaban J connectivity index is 1.82. The summed E-state index contributed by atoms with van der Waals surface area (Å²) in [5.74, 6) is 2.64. The quantitative estimate of drug-likeness (QED) is 0.852. The molecule has 2 aliphatic rings. The minimum absolute atomic E-state index is 0.561. The van der Waals surface area contributed by atoms with Crippen molar-refractivity contribution in [2.75, 3.05) is 11.9 Å². The van der Waals surface area contributed by atoms with Gasteiger partial charge >= 0.3 is 0 Å². The molecular weight excluding hydrogens is 214 g/mol. The second-order valence-electron chi connectivity index (χ2n) is 4.97. The molecule has 1 aliphatic heterocycles. The lowest BCUT2D eigenvalue weighted by molar-refractivity contribution is 0.356. The monoisotopic (exact) mass is 233 g/mol. The van der Waals surface area contributed by atoms with Crippen LogP contribution in [0.3, 0.4) is 0 Å². The molecule has 1 aromatic heterocycles. The number of ether oxygens (including phenoxy) is 1. The molecule has 3 rings (SSSR count). The highest BCUT2D eigenvalue weighted by Gasteiger charge is 2.22. The first-order valence-corrected chi connectivity index (χ1v) is 6.60. The molecule has 2 heterocycles. The molecule has 1 aliphatic carbocycles. The number of rotatable bonds is 2. The molecule has 1 aromatic rings. The lowest BCUT2D eigenvalue weighted by Gasteiger charge is -2.24. The highest BCUT2D eigenvalue weighted by Crippen LogP contribution is 2.32. The Morgan fingerprint density at radius 3 is 2.82 bits per heavy atom. The van der Waals surface area contributed by atoms with Gasteiger partial charge in [-0.1, -0.05) is 19.3 Å². The summed E-state index contributed by atoms with van der Waals surface area (Å²) in [4.78, 5) is 8.92. The zero-order chi connectivity index (χ0) is 11.7. The van der Waals surface area contributed by atoms with E-state index in [9.17, 15) is 0 Å². The van der Waals surface area contributed by atoms with Crippen LogP contribution in [0, 0.1) is 6.92 Å². The summed E-state index contributed by atoms with van der Waals surface area (Å²) in [7, 11) is 0. The van der Waals surface area contributed by atoms with Crippen LogP contribution in [-0.2, 0) is 6.42 Å². The SMILES string of the molecule is Cc1nc2c(c(NC3CCCCC3)n1)OCC2. The highest BCUT2D eigenvalue weighted by molar-refractivity contribution is 5.54. The molecule has 0 amide bonds. The van der Waals surface area contributed by atoms with Crippen LogP contribution in [0.4, 0.5) is 5.82 Å². The Morgan fingerprint density at radius 2 is 2.00 bits per heavy atom. The van der Waals surface area contributed by atoms with E-state index < -0.39 is 0 Å². The van der Waals surface area contributed by atoms with Crippen LogP contribution >= 0.6 is 0 Å². The summed E-state index contributed by atoms with van der Waals surface area (Å²) in [6, 6.07) is 0.561. The number of anilines is 1. The molecule has 92 valence electrons. The van der Waals surface area contributed by atoms with E-state index in [1.54, 1.807) is 0 Å². The first kappa shape index (κ1) is 10.8. The lowest BCUT2D eigenvalue weighted by Crippen LogP contribution is -2.23. The third-order valence-electron chi connectivity index (χ3n) is 3.58. The van der Waals surface area contributed by atoms with Gasteiger partial charge < -0.3 is 10.1 Å². The summed E-state index contributed by atoms with van der Waals surface area (Å²) in [6.07, 6.45) is 7.43. The molecule has 1 N–H and O–H groups in total. The summed E-state index contributed by atoms with van der Waals surface area (Å²) in [5.41, 5.74) is 1.07. The third kappa shape index (κ3) is 2.21. The third-order valence-corrected chi connectivity index (χ3v) is 3.58. The molecule has 0 atom stereocenters. The fourth-order valence-corrected chi connectivity index (χ4v) is 2.73. The topological polar surface area (TPSA) is 47.0 Å². The van der Waals surface area contributed by atoms with E-state index in [1.165, 1.54) is 32.1 Å². The number of fused-ring (bicyclic) bond motifs is 1. The molecule has 1 fully saturated rings. The first-order valence-electron chi connectivity index (χ1n) is 6.60. The van der Waals surface area contributed by atoms with Crippen molar-refractivity contribution in [3.05, 3.63) is 11.5 Å². The van der Waals surface area contributed by atoms with Crippen molar-refractivity contribution in [1.29, 1.82) is 0 Å². The predicted octanol–water partition coefficient (Wildman–Crippen LogP) is 2.46. The van der Waals surface area contributed by atoms with Gasteiger partial charge in [0.1, 0.15) is 5.82 Å². The highest BCUT2D eigenvalue weighted by atomic mass is 16.5. The molecule has 17 heavy (non-hydrogen) atoms. The number of aromatic nitrogens is 2. The average Bonchev–Trinajstić information content (AvgIpc) is 2.78. The molecule has 1 saturated carbocycles. The van der Waals surface area contributed by atoms with Crippen molar-refractivity contribution in [3.8, 4) is 5.75 Å². The second-order valence-corrected chi connectivity index (χ2v) is 4.97. The molecule has 0 aromatic carbocycles. The van der Waals surface area contributed by atoms with E-state index in [0.717, 1.165) is 36.1 Å². The van der Waals surface area contributed by atoms with Crippen molar-refractivity contribution >= 4 is 5.82 Å². The number of nitrogens with zero attached hydrogens (tertiary/aromatic N) is 2. The van der Waals surface area contributed by atoms with Crippen LogP contribution in [0.5, 0.6) is 5.75 Å². The van der Waals surface area contributed by atoms with Crippen molar-refractivity contribution < 1.29 is 4.74 Å². The lowest BCUT2D eigenvalue weighted by atomic mass is 9.95. The predicted molar refractivity (Wildman–Crippen MR) is 66.5 cm³/mol. The molecule has 4 nitrogen and oxygen atoms in total. The van der Waals surface area contributed by atoms with Crippen LogP contribution in [0.1, 0.15) is 43.6 Å². The first-order chi connectivity index (χ1) is 8.33. The zero-order valence-corrected chi connectivity index (χ0v) is 10.3. The van der Waals surface area contributed by atoms with E-state index in [0.29, 0.717) is 6.04 Å². The van der Waals surface area contributed by atoms with Crippen LogP contribution in [0.15, 0.2) is 0 Å². The number of hydrogen-bond donors (Lipinski definition) is 1. The fraction of sp³-hybridized carbons (Fsp3) is 0.692. The Bertz CT molecular complexity index is 413. The normalized spacial score (nSPS) is 19.8. The van der Waals surface area contributed by atoms with E-state index >= 15 is 0 Å². The van der Waals surface area contributed by atoms with Gasteiger partial charge in [-0.15, -0.1) is 0 Å². The van der Waals surface area contributed by atoms with Crippen molar-refractivity contribution in [1.82, 2.24) is 9.97 Å². The van der Waals surface area contributed by atoms with Gasteiger partial charge in [-0.25, -0.2) is 9.97 Å². The van der Waals surface area contributed by atoms with Gasteiger partial charge in [-0.2, -0.15) is 0 Å². The van der Waals surface area contributed by atoms with Crippen molar-refractivity contribution in [2.24, 2.45) is 0 Å². The smallest absolute Gasteiger partial charge is 0.183 e. The number of hydrogen-bond acceptors (Lipinski definition) is 4. The largest absolute Gasteiger partial charge is 0.487 e. The van der Waals surface area contributed by atoms with E-state index in [2.05, 4.69) is 15.3 Å². The van der Waals surface area contributed by atoms with Crippen LogP contribution in [-0.4, -0.2) is 22.6 Å². The van der Waals surface area contributed by atoms with Gasteiger partial charge in [0.15, 0.2) is 11.6 Å². The second kappa shape index (κ2) is 4.51. The van der Waals surface area contributed by atoms with Crippen LogP contribution < -0.4 is 10.1 Å². The van der Waals surface area contributed by atoms with Crippen LogP contribution in [0.25, 0.3) is 0 Å². The number of nitrogens with one attached hydrogen (secondary N) is 1. The molecular formula is C13H19N3O. The molecule has 4 heteroatoms. The Morgan fingerprint density at radius 1 is 1.18 bits per heavy atom. The summed E-state index contributed by atoms with van der Waals surface area (Å²) >= 11 is 0. The summed E-state index contributed by atoms with van der Waals surface area (Å²) in [6.45, 7) is 2.69. The molecule has 0 bridgehead atoms. The average molecular weight is 233 g/mol.